The summed E-state index contributed by atoms with van der Waals surface area (Å²) in [6.45, 7) is 0.841. The lowest BCUT2D eigenvalue weighted by Crippen LogP contribution is -2.75. The number of halogens is 24. The van der Waals surface area contributed by atoms with Gasteiger partial charge in [-0.05, 0) is 41.7 Å². The fourth-order valence-corrected chi connectivity index (χ4v) is 9.13. The van der Waals surface area contributed by atoms with Gasteiger partial charge in [0.15, 0.2) is 6.54 Å². The summed E-state index contributed by atoms with van der Waals surface area (Å²) in [6, 6.07) is 10.0. The van der Waals surface area contributed by atoms with Gasteiger partial charge >= 0.3 is 54.6 Å². The topological polar surface area (TPSA) is 13.1 Å². The first-order valence-electron chi connectivity index (χ1n) is 20.5. The Morgan fingerprint density at radius 3 is 0.867 bits per heavy atom. The fraction of sp³-hybridized carbons (Fsp3) is 0.213. The zero-order valence-electron chi connectivity index (χ0n) is 36.7. The predicted octanol–water partition coefficient (Wildman–Crippen LogP) is 14.5. The fourth-order valence-electron chi connectivity index (χ4n) is 8.15. The Morgan fingerprint density at radius 2 is 0.613 bits per heavy atom. The van der Waals surface area contributed by atoms with E-state index in [4.69, 9.17) is 4.74 Å². The van der Waals surface area contributed by atoms with Crippen LogP contribution in [0, 0.1) is 0 Å². The second-order valence-electron chi connectivity index (χ2n) is 16.3. The van der Waals surface area contributed by atoms with E-state index in [0.717, 1.165) is 11.7 Å². The van der Waals surface area contributed by atoms with E-state index in [1.54, 1.807) is 18.4 Å². The number of para-hydroxylation sites is 1. The first kappa shape index (κ1) is 57.7. The summed E-state index contributed by atoms with van der Waals surface area (Å²) in [5.74, 6) is 0. The average molecular weight is 1120 g/mol. The van der Waals surface area contributed by atoms with E-state index in [2.05, 4.69) is 53.1 Å². The molecule has 2 nitrogen and oxygen atoms in total. The number of rotatable bonds is 7. The van der Waals surface area contributed by atoms with Crippen molar-refractivity contribution in [1.82, 2.24) is 0 Å². The number of benzene rings is 6. The summed E-state index contributed by atoms with van der Waals surface area (Å²) in [5.41, 5.74) is -27.7. The van der Waals surface area contributed by atoms with Gasteiger partial charge < -0.3 is 4.74 Å². The molecule has 28 heteroatoms. The Hall–Kier alpha value is -6.61. The molecule has 0 N–H and O–H groups in total. The van der Waals surface area contributed by atoms with E-state index in [9.17, 15) is 105 Å². The van der Waals surface area contributed by atoms with Crippen molar-refractivity contribution >= 4 is 49.6 Å². The van der Waals surface area contributed by atoms with E-state index in [1.807, 2.05) is 6.07 Å². The molecule has 0 saturated carbocycles. The van der Waals surface area contributed by atoms with Crippen molar-refractivity contribution in [2.75, 3.05) is 7.11 Å². The van der Waals surface area contributed by atoms with E-state index in [0.29, 0.717) is 0 Å². The lowest BCUT2D eigenvalue weighted by atomic mass is 9.12. The lowest BCUT2D eigenvalue weighted by molar-refractivity contribution is -0.663. The summed E-state index contributed by atoms with van der Waals surface area (Å²) in [5, 5.41) is 0.944. The molecule has 0 aliphatic rings. The summed E-state index contributed by atoms with van der Waals surface area (Å²) in [7, 11) is 1.73. The maximum absolute atomic E-state index is 14.2. The molecule has 0 saturated heterocycles. The van der Waals surface area contributed by atoms with Crippen LogP contribution in [0.4, 0.5) is 105 Å². The molecule has 0 fully saturated rings. The number of nitrogens with zero attached hydrogens (tertiary/aromatic N) is 1. The molecule has 0 amide bonds. The molecule has 0 radical (unpaired) electrons. The third kappa shape index (κ3) is 12.7. The lowest BCUT2D eigenvalue weighted by Gasteiger charge is -2.46. The van der Waals surface area contributed by atoms with E-state index in [1.165, 1.54) is 15.8 Å². The number of hydrogen-bond donors (Lipinski definition) is 0. The van der Waals surface area contributed by atoms with Crippen molar-refractivity contribution in [3.63, 3.8) is 0 Å². The van der Waals surface area contributed by atoms with Crippen molar-refractivity contribution < 1.29 is 115 Å². The highest BCUT2D eigenvalue weighted by Gasteiger charge is 2.47. The molecule has 0 bridgehead atoms. The van der Waals surface area contributed by atoms with Crippen LogP contribution in [-0.4, -0.2) is 13.3 Å². The van der Waals surface area contributed by atoms with Crippen molar-refractivity contribution in [2.24, 2.45) is 0 Å². The van der Waals surface area contributed by atoms with Gasteiger partial charge in [0.2, 0.25) is 5.52 Å². The highest BCUT2D eigenvalue weighted by Crippen LogP contribution is 2.41. The van der Waals surface area contributed by atoms with Crippen LogP contribution in [0.1, 0.15) is 50.1 Å². The number of alkyl halides is 24. The number of aromatic nitrogens is 1. The molecule has 0 aliphatic carbocycles. The van der Waals surface area contributed by atoms with Crippen molar-refractivity contribution in [1.29, 1.82) is 0 Å². The van der Waals surface area contributed by atoms with Crippen LogP contribution in [0.15, 0.2) is 127 Å². The molecule has 0 aliphatic heterocycles. The van der Waals surface area contributed by atoms with Crippen LogP contribution in [0.5, 0.6) is 5.19 Å². The number of methoxy groups -OCH3 is 1. The molecule has 7 aromatic rings. The molecule has 75 heavy (non-hydrogen) atoms. The molecule has 7 rings (SSSR count). The molecule has 0 spiro atoms. The smallest absolute Gasteiger partial charge is 0.431 e. The summed E-state index contributed by atoms with van der Waals surface area (Å²) >= 11 is 1.68. The van der Waals surface area contributed by atoms with Gasteiger partial charge in [-0.2, -0.15) is 127 Å². The Balaban J connectivity index is 0.000000421. The number of hydrogen-bond acceptors (Lipinski definition) is 2. The summed E-state index contributed by atoms with van der Waals surface area (Å²) in [4.78, 5) is 0. The minimum Gasteiger partial charge on any atom is -0.439 e. The Morgan fingerprint density at radius 1 is 0.360 bits per heavy atom. The second-order valence-corrected chi connectivity index (χ2v) is 17.3. The Labute approximate surface area is 409 Å². The van der Waals surface area contributed by atoms with Gasteiger partial charge in [0.25, 0.3) is 0 Å². The number of fused-ring (bicyclic) bond motifs is 1. The van der Waals surface area contributed by atoms with Gasteiger partial charge in [-0.25, -0.2) is 0 Å². The van der Waals surface area contributed by atoms with E-state index in [-0.39, 0.29) is 0 Å². The zero-order chi connectivity index (χ0) is 56.3. The Kier molecular flexibility index (Phi) is 15.2. The Bertz CT molecular complexity index is 2740. The third-order valence-electron chi connectivity index (χ3n) is 11.4. The zero-order valence-corrected chi connectivity index (χ0v) is 37.6. The van der Waals surface area contributed by atoms with E-state index >= 15 is 0 Å². The number of ether oxygens (including phenoxy) is 1. The van der Waals surface area contributed by atoms with Crippen molar-refractivity contribution in [2.45, 2.75) is 56.0 Å². The quantitative estimate of drug-likeness (QED) is 0.0881. The van der Waals surface area contributed by atoms with Gasteiger partial charge in [0, 0.05) is 11.6 Å². The van der Waals surface area contributed by atoms with Crippen molar-refractivity contribution in [3.05, 3.63) is 177 Å². The van der Waals surface area contributed by atoms with Crippen molar-refractivity contribution in [3.8, 4) is 5.19 Å². The molecule has 6 aromatic carbocycles. The minimum atomic E-state index is -6.13. The van der Waals surface area contributed by atoms with E-state index < -0.39 is 195 Å². The van der Waals surface area contributed by atoms with Gasteiger partial charge in [-0.3, -0.25) is 0 Å². The van der Waals surface area contributed by atoms with Crippen LogP contribution < -0.4 is 31.2 Å². The normalized spacial score (nSPS) is 13.5. The molecular formula is C47H26BF24NOS. The molecular weight excluding hydrogens is 1090 g/mol. The maximum atomic E-state index is 14.2. The van der Waals surface area contributed by atoms with Crippen LogP contribution >= 0.6 is 11.3 Å². The standard InChI is InChI=1S/C32H12BF24.C15H14NOS/c34-25(35,36)13-1-14(26(37,38)39)6-21(5-13)33(22-7-15(27(40,41)42)2-16(8-22)28(43,44)45,23-9-17(29(46,47)48)3-18(10-23)30(49,50)51)24-11-19(31(52,53)54)4-20(12-24)32(55,56)57;1-17-15-16(11-12-7-3-2-4-8-12)13-9-5-6-10-14(13)18-15/h1-12H;2-10H,11H2,1H3/q-1;+1. The third-order valence-corrected chi connectivity index (χ3v) is 12.5. The summed E-state index contributed by atoms with van der Waals surface area (Å²) in [6.07, 6.45) is -54.8. The minimum absolute atomic E-state index is 0.691. The molecule has 1 aromatic heterocycles. The molecule has 0 atom stereocenters. The SMILES string of the molecule is COc1sc2ccccc2[n+]1Cc1ccccc1.FC(F)(F)c1cc([B-](c2cc(C(F)(F)F)cc(C(F)(F)F)c2)(c2cc(C(F)(F)F)cc(C(F)(F)F)c2)c2cc(C(F)(F)F)cc(C(F)(F)F)c2)cc(C(F)(F)F)c1. The van der Waals surface area contributed by atoms with Crippen LogP contribution in [0.25, 0.3) is 10.2 Å². The number of thiazole rings is 1. The molecule has 1 heterocycles. The maximum Gasteiger partial charge on any atom is 0.431 e. The second kappa shape index (κ2) is 19.8. The van der Waals surface area contributed by atoms with Gasteiger partial charge in [-0.15, -0.1) is 4.57 Å². The van der Waals surface area contributed by atoms with Crippen LogP contribution in [0.2, 0.25) is 0 Å². The summed E-state index contributed by atoms with van der Waals surface area (Å²) < 4.78 is 350. The van der Waals surface area contributed by atoms with Gasteiger partial charge in [-0.1, -0.05) is 91.0 Å². The highest BCUT2D eigenvalue weighted by molar-refractivity contribution is 7.20. The first-order valence-corrected chi connectivity index (χ1v) is 21.3. The largest absolute Gasteiger partial charge is 0.439 e. The predicted molar refractivity (Wildman–Crippen MR) is 224 cm³/mol. The molecule has 0 unspecified atom stereocenters. The van der Waals surface area contributed by atoms with Crippen LogP contribution in [-0.2, 0) is 56.0 Å². The van der Waals surface area contributed by atoms with Crippen LogP contribution in [0.3, 0.4) is 0 Å². The first-order chi connectivity index (χ1) is 34.1. The van der Waals surface area contributed by atoms with Gasteiger partial charge in [0.1, 0.15) is 10.8 Å². The monoisotopic (exact) mass is 1120 g/mol. The molecule has 402 valence electrons. The van der Waals surface area contributed by atoms with Gasteiger partial charge in [0.05, 0.1) is 51.6 Å². The highest BCUT2D eigenvalue weighted by atomic mass is 32.1. The average Bonchev–Trinajstić information content (AvgIpc) is 3.64.